The summed E-state index contributed by atoms with van der Waals surface area (Å²) in [6, 6.07) is 19.6. The second-order valence-electron chi connectivity index (χ2n) is 7.21. The molecular formula is C25H18N4O5. The van der Waals surface area contributed by atoms with E-state index in [9.17, 15) is 14.4 Å². The molecule has 1 heterocycles. The Morgan fingerprint density at radius 2 is 1.32 bits per heavy atom. The van der Waals surface area contributed by atoms with Crippen molar-refractivity contribution in [3.8, 4) is 0 Å². The minimum absolute atomic E-state index is 0.152. The van der Waals surface area contributed by atoms with Crippen LogP contribution in [-0.4, -0.2) is 45.5 Å². The van der Waals surface area contributed by atoms with Crippen LogP contribution in [0.4, 0.5) is 5.69 Å². The van der Waals surface area contributed by atoms with Gasteiger partial charge in [-0.3, -0.25) is 9.79 Å². The van der Waals surface area contributed by atoms with Crippen LogP contribution >= 0.6 is 0 Å². The first-order chi connectivity index (χ1) is 16.4. The van der Waals surface area contributed by atoms with E-state index in [4.69, 9.17) is 10.2 Å². The van der Waals surface area contributed by atoms with E-state index < -0.39 is 17.8 Å². The molecule has 1 aromatic heterocycles. The standard InChI is InChI=1S/C25H18N4O5/c30-23(29-27-14-16-7-11-18(12-8-16)25(33)34)22-21(19-3-1-2-4-20(19)28-22)26-13-15-5-9-17(10-6-15)24(31)32/h1-14,28H,(H,29,30)(H,31,32)(H,33,34)/b26-13?,27-14+. The number of carboxylic acid groups (broad SMARTS) is 2. The van der Waals surface area contributed by atoms with E-state index in [1.165, 1.54) is 30.5 Å². The summed E-state index contributed by atoms with van der Waals surface area (Å²) >= 11 is 0. The van der Waals surface area contributed by atoms with Crippen LogP contribution in [0.5, 0.6) is 0 Å². The van der Waals surface area contributed by atoms with Gasteiger partial charge in [0.15, 0.2) is 0 Å². The van der Waals surface area contributed by atoms with Crippen LogP contribution in [0.3, 0.4) is 0 Å². The van der Waals surface area contributed by atoms with E-state index in [-0.39, 0.29) is 16.8 Å². The Kier molecular flexibility index (Phi) is 6.26. The number of amides is 1. The van der Waals surface area contributed by atoms with Crippen molar-refractivity contribution in [2.24, 2.45) is 10.1 Å². The SMILES string of the molecule is O=C(O)c1ccc(C=Nc2c(C(=O)N/N=C/c3ccc(C(=O)O)cc3)[nH]c3ccccc23)cc1. The first-order valence-electron chi connectivity index (χ1n) is 10.1. The molecule has 9 heteroatoms. The number of hydrazone groups is 1. The summed E-state index contributed by atoms with van der Waals surface area (Å²) in [5, 5.41) is 22.7. The molecule has 1 amide bonds. The number of rotatable bonds is 7. The smallest absolute Gasteiger partial charge is 0.335 e. The lowest BCUT2D eigenvalue weighted by Gasteiger charge is -2.00. The molecule has 0 spiro atoms. The molecule has 0 saturated heterocycles. The lowest BCUT2D eigenvalue weighted by Crippen LogP contribution is -2.18. The van der Waals surface area contributed by atoms with Crippen LogP contribution in [0.1, 0.15) is 42.3 Å². The van der Waals surface area contributed by atoms with Crippen molar-refractivity contribution in [1.29, 1.82) is 0 Å². The molecule has 34 heavy (non-hydrogen) atoms. The van der Waals surface area contributed by atoms with Gasteiger partial charge in [-0.15, -0.1) is 0 Å². The molecule has 0 aliphatic carbocycles. The van der Waals surface area contributed by atoms with Crippen LogP contribution in [0, 0.1) is 0 Å². The van der Waals surface area contributed by atoms with Gasteiger partial charge in [0.25, 0.3) is 5.91 Å². The second-order valence-corrected chi connectivity index (χ2v) is 7.21. The number of carbonyl (C=O) groups is 3. The zero-order valence-electron chi connectivity index (χ0n) is 17.6. The molecule has 168 valence electrons. The van der Waals surface area contributed by atoms with Crippen LogP contribution in [0.25, 0.3) is 10.9 Å². The summed E-state index contributed by atoms with van der Waals surface area (Å²) in [4.78, 5) is 42.3. The molecule has 0 fully saturated rings. The number of carbonyl (C=O) groups excluding carboxylic acids is 1. The number of H-pyrrole nitrogens is 1. The quantitative estimate of drug-likeness (QED) is 0.246. The number of hydrogen-bond donors (Lipinski definition) is 4. The maximum absolute atomic E-state index is 12.8. The van der Waals surface area contributed by atoms with Crippen LogP contribution in [-0.2, 0) is 0 Å². The zero-order valence-corrected chi connectivity index (χ0v) is 17.6. The molecule has 4 aromatic rings. The first-order valence-corrected chi connectivity index (χ1v) is 10.1. The average Bonchev–Trinajstić information content (AvgIpc) is 3.22. The number of nitrogens with one attached hydrogen (secondary N) is 2. The summed E-state index contributed by atoms with van der Waals surface area (Å²) in [5.74, 6) is -2.55. The highest BCUT2D eigenvalue weighted by Crippen LogP contribution is 2.30. The van der Waals surface area contributed by atoms with Crippen LogP contribution in [0.2, 0.25) is 0 Å². The predicted molar refractivity (Wildman–Crippen MR) is 127 cm³/mol. The summed E-state index contributed by atoms with van der Waals surface area (Å²) in [7, 11) is 0. The van der Waals surface area contributed by atoms with Gasteiger partial charge in [-0.05, 0) is 41.5 Å². The van der Waals surface area contributed by atoms with Crippen LogP contribution in [0.15, 0.2) is 82.9 Å². The van der Waals surface area contributed by atoms with Gasteiger partial charge in [-0.25, -0.2) is 15.0 Å². The first kappa shape index (κ1) is 22.2. The fourth-order valence-corrected chi connectivity index (χ4v) is 3.21. The fraction of sp³-hybridized carbons (Fsp3) is 0. The van der Waals surface area contributed by atoms with E-state index in [0.717, 1.165) is 5.39 Å². The Balaban J connectivity index is 1.57. The van der Waals surface area contributed by atoms with E-state index in [0.29, 0.717) is 22.3 Å². The van der Waals surface area contributed by atoms with Crippen molar-refractivity contribution in [3.05, 3.63) is 101 Å². The van der Waals surface area contributed by atoms with Gasteiger partial charge < -0.3 is 15.2 Å². The number of aromatic nitrogens is 1. The molecule has 9 nitrogen and oxygen atoms in total. The minimum Gasteiger partial charge on any atom is -0.478 e. The fourth-order valence-electron chi connectivity index (χ4n) is 3.21. The summed E-state index contributed by atoms with van der Waals surface area (Å²) in [5.41, 5.74) is 5.39. The van der Waals surface area contributed by atoms with Gasteiger partial charge in [0.1, 0.15) is 11.4 Å². The highest BCUT2D eigenvalue weighted by Gasteiger charge is 2.17. The summed E-state index contributed by atoms with van der Waals surface area (Å²) in [6.45, 7) is 0. The van der Waals surface area contributed by atoms with Crippen molar-refractivity contribution < 1.29 is 24.6 Å². The van der Waals surface area contributed by atoms with Crippen LogP contribution < -0.4 is 5.43 Å². The number of nitrogens with zero attached hydrogens (tertiary/aromatic N) is 2. The lowest BCUT2D eigenvalue weighted by atomic mass is 10.1. The monoisotopic (exact) mass is 454 g/mol. The molecule has 0 saturated carbocycles. The van der Waals surface area contributed by atoms with E-state index in [2.05, 4.69) is 20.5 Å². The second kappa shape index (κ2) is 9.61. The van der Waals surface area contributed by atoms with Crippen molar-refractivity contribution in [2.45, 2.75) is 0 Å². The largest absolute Gasteiger partial charge is 0.478 e. The highest BCUT2D eigenvalue weighted by molar-refractivity contribution is 6.08. The molecule has 0 aliphatic rings. The normalized spacial score (nSPS) is 11.3. The van der Waals surface area contributed by atoms with Crippen molar-refractivity contribution in [1.82, 2.24) is 10.4 Å². The molecule has 4 rings (SSSR count). The molecule has 0 atom stereocenters. The molecule has 4 N–H and O–H groups in total. The topological polar surface area (TPSA) is 144 Å². The van der Waals surface area contributed by atoms with Crippen molar-refractivity contribution in [3.63, 3.8) is 0 Å². The Labute approximate surface area is 193 Å². The van der Waals surface area contributed by atoms with Gasteiger partial charge in [0.2, 0.25) is 0 Å². The maximum Gasteiger partial charge on any atom is 0.335 e. The number of hydrogen-bond acceptors (Lipinski definition) is 5. The number of aromatic carboxylic acids is 2. The number of aromatic amines is 1. The number of aliphatic imine (C=N–C) groups is 1. The number of benzene rings is 3. The van der Waals surface area contributed by atoms with Gasteiger partial charge in [0.05, 0.1) is 17.3 Å². The predicted octanol–water partition coefficient (Wildman–Crippen LogP) is 4.08. The Bertz CT molecular complexity index is 1430. The Hall–Kier alpha value is -5.05. The molecule has 3 aromatic carbocycles. The van der Waals surface area contributed by atoms with E-state index in [1.807, 2.05) is 24.3 Å². The Morgan fingerprint density at radius 3 is 1.91 bits per heavy atom. The number of carboxylic acids is 2. The maximum atomic E-state index is 12.8. The van der Waals surface area contributed by atoms with E-state index >= 15 is 0 Å². The molecule has 0 bridgehead atoms. The molecule has 0 aliphatic heterocycles. The third-order valence-corrected chi connectivity index (χ3v) is 4.94. The zero-order chi connectivity index (χ0) is 24.1. The van der Waals surface area contributed by atoms with Gasteiger partial charge in [0, 0.05) is 17.1 Å². The number of para-hydroxylation sites is 1. The summed E-state index contributed by atoms with van der Waals surface area (Å²) < 4.78 is 0. The van der Waals surface area contributed by atoms with Crippen molar-refractivity contribution in [2.75, 3.05) is 0 Å². The summed E-state index contributed by atoms with van der Waals surface area (Å²) in [6.07, 6.45) is 2.95. The average molecular weight is 454 g/mol. The highest BCUT2D eigenvalue weighted by atomic mass is 16.4. The molecular weight excluding hydrogens is 436 g/mol. The third-order valence-electron chi connectivity index (χ3n) is 4.94. The van der Waals surface area contributed by atoms with Crippen molar-refractivity contribution >= 4 is 46.9 Å². The van der Waals surface area contributed by atoms with Gasteiger partial charge in [-0.1, -0.05) is 42.5 Å². The minimum atomic E-state index is -1.03. The molecule has 0 radical (unpaired) electrons. The van der Waals surface area contributed by atoms with Gasteiger partial charge in [-0.2, -0.15) is 5.10 Å². The van der Waals surface area contributed by atoms with Gasteiger partial charge >= 0.3 is 11.9 Å². The lowest BCUT2D eigenvalue weighted by molar-refractivity contribution is 0.0686. The Morgan fingerprint density at radius 1 is 0.765 bits per heavy atom. The number of fused-ring (bicyclic) bond motifs is 1. The third kappa shape index (κ3) is 4.89. The molecule has 0 unspecified atom stereocenters. The van der Waals surface area contributed by atoms with E-state index in [1.54, 1.807) is 30.5 Å².